The van der Waals surface area contributed by atoms with Crippen LogP contribution in [0.3, 0.4) is 0 Å². The third kappa shape index (κ3) is 94.7. The van der Waals surface area contributed by atoms with Crippen molar-refractivity contribution in [3.8, 4) is 28.7 Å². The first-order valence-corrected chi connectivity index (χ1v) is 54.8. The second-order valence-corrected chi connectivity index (χ2v) is 40.5. The number of unbranched alkanes of at least 4 members (excludes halogenated alkanes) is 1. The van der Waals surface area contributed by atoms with Gasteiger partial charge in [0.1, 0.15) is 62.3 Å². The third-order valence-corrected chi connectivity index (χ3v) is 19.4. The van der Waals surface area contributed by atoms with E-state index in [0.717, 1.165) is 116 Å². The fourth-order valence-electron chi connectivity index (χ4n) is 12.7. The maximum Gasteiger partial charge on any atom is 0.160 e. The minimum Gasteiger partial charge on any atom is -0.491 e. The highest BCUT2D eigenvalue weighted by molar-refractivity contribution is 5.42. The molecule has 6 rings (SSSR count). The molecule has 0 saturated heterocycles. The molecule has 0 atom stereocenters. The van der Waals surface area contributed by atoms with Crippen LogP contribution in [0.25, 0.3) is 0 Å². The average molecular weight is 2090 g/mol. The van der Waals surface area contributed by atoms with Gasteiger partial charge in [-0.2, -0.15) is 0 Å². The summed E-state index contributed by atoms with van der Waals surface area (Å²) in [6.45, 7) is 87.4. The van der Waals surface area contributed by atoms with Gasteiger partial charge in [-0.05, 0) is 370 Å². The highest BCUT2D eigenvalue weighted by Gasteiger charge is 2.25. The minimum atomic E-state index is -0.113. The normalized spacial score (nSPS) is 13.2. The maximum atomic E-state index is 5.86. The van der Waals surface area contributed by atoms with Gasteiger partial charge >= 0.3 is 0 Å². The Morgan fingerprint density at radius 1 is 0.238 bits per heavy atom. The van der Waals surface area contributed by atoms with Crippen molar-refractivity contribution in [1.82, 2.24) is 0 Å². The third-order valence-electron chi connectivity index (χ3n) is 19.4. The van der Waals surface area contributed by atoms with Crippen LogP contribution >= 0.6 is 0 Å². The number of hydrogen-bond acceptors (Lipinski definition) is 29. The maximum absolute atomic E-state index is 5.86. The minimum absolute atomic E-state index is 0.0503. The smallest absolute Gasteiger partial charge is 0.160 e. The van der Waals surface area contributed by atoms with Crippen molar-refractivity contribution in [2.75, 3.05) is 159 Å². The van der Waals surface area contributed by atoms with Gasteiger partial charge in [0, 0.05) is 30.6 Å². The van der Waals surface area contributed by atoms with E-state index in [1.807, 2.05) is 235 Å². The summed E-state index contributed by atoms with van der Waals surface area (Å²) in [5.41, 5.74) is 6.76. The highest BCUT2D eigenvalue weighted by Crippen LogP contribution is 2.34. The van der Waals surface area contributed by atoms with E-state index in [1.54, 1.807) is 12.5 Å². The van der Waals surface area contributed by atoms with Gasteiger partial charge in [-0.25, -0.2) is 39.1 Å². The van der Waals surface area contributed by atoms with E-state index in [1.165, 1.54) is 16.7 Å². The van der Waals surface area contributed by atoms with Crippen LogP contribution in [0, 0.1) is 0 Å². The lowest BCUT2D eigenvalue weighted by atomic mass is 9.78. The summed E-state index contributed by atoms with van der Waals surface area (Å²) in [5, 5.41) is 0. The molecule has 4 aromatic carbocycles. The summed E-state index contributed by atoms with van der Waals surface area (Å²) in [4.78, 5) is 41.0. The molecule has 1 aliphatic rings. The molecule has 0 unspecified atom stereocenters. The second kappa shape index (κ2) is 93.8. The van der Waals surface area contributed by atoms with Crippen LogP contribution in [0.1, 0.15) is 321 Å². The predicted molar refractivity (Wildman–Crippen MR) is 589 cm³/mol. The molecule has 858 valence electrons. The summed E-state index contributed by atoms with van der Waals surface area (Å²) >= 11 is 0. The lowest BCUT2D eigenvalue weighted by Crippen LogP contribution is -2.29. The highest BCUT2D eigenvalue weighted by atomic mass is 17.2. The summed E-state index contributed by atoms with van der Waals surface area (Å²) in [7, 11) is 0. The SMILES string of the molecule is CC(C)OC1CCC(OC(C)C)CC1.CC(C)OCCCCOC(C)C.CC(C)OCCOC(C)C.CC(C)OCCOCCOCCOC(C)C.CC(C)OCCOc1cc(CCOOC(C)C)cc(CCOOC(C)C)c1.CC(C)OCCOc1ccc(C(C)(C)c2ccc(OCCOC(C)C)cc2)cc1.CC(C)OCCOc1cccc(CCOOC(C)C)c1.CC(C)OCCOc1cocc1CCOOC(C)C. The zero-order chi connectivity index (χ0) is 110. The van der Waals surface area contributed by atoms with Crippen LogP contribution in [0.5, 0.6) is 28.7 Å². The van der Waals surface area contributed by atoms with E-state index >= 15 is 0 Å². The topological polar surface area (TPSA) is 272 Å². The lowest BCUT2D eigenvalue weighted by Gasteiger charge is -2.30. The molecule has 1 aliphatic carbocycles. The first-order valence-electron chi connectivity index (χ1n) is 54.8. The van der Waals surface area contributed by atoms with E-state index in [0.29, 0.717) is 201 Å². The summed E-state index contributed by atoms with van der Waals surface area (Å²) < 4.78 is 115. The van der Waals surface area contributed by atoms with Crippen molar-refractivity contribution in [2.45, 2.75) is 435 Å². The van der Waals surface area contributed by atoms with Crippen molar-refractivity contribution >= 4 is 0 Å². The van der Waals surface area contributed by atoms with Crippen LogP contribution < -0.4 is 23.7 Å². The van der Waals surface area contributed by atoms with Gasteiger partial charge in [-0.15, -0.1) is 0 Å². The standard InChI is InChI=1S/C25H36O4.C21H36O6.C16H26O4.C14H24O5.C12H26O4.C12H24O2.C10H22O2.C8H18O2/c1-19(2)26-15-17-28-23-11-7-21(8-12-23)25(5,6)22-9-13-24(14-10-22)29-18-16-27-20(3)4;1-16(2)22-11-12-23-21-14-19(7-9-24-26-17(3)4)13-20(15-21)8-10-25-27-18(5)6;1-13(2)17-10-11-18-16-7-5-6-15(12-16)8-9-19-20-14(3)4;1-11(2)16-7-8-17-14-10-15-9-13(14)5-6-18-19-12(3)4;1-11(2)15-9-7-13-5-6-14-8-10-16-12(3)4;1-9(2)13-11-5-7-12(8-6-11)14-10(3)4;1-9(2)11-7-5-6-8-12-10(3)4;1-7(2)9-5-6-10-8(3)4/h7-14,19-20H,15-18H2,1-6H3;13-18H,7-12H2,1-6H3;5-7,12-14H,8-11H2,1-4H3;9-12H,5-8H2,1-4H3;11-12H,5-10H2,1-4H3;9-12H,5-8H2,1-4H3;9-10H,5-8H2,1-4H3;7-8H,5-6H2,1-4H3. The molecular formula is C118H212O29. The Morgan fingerprint density at radius 2 is 0.503 bits per heavy atom. The van der Waals surface area contributed by atoms with Crippen molar-refractivity contribution in [3.05, 3.63) is 137 Å². The van der Waals surface area contributed by atoms with Crippen molar-refractivity contribution < 1.29 is 138 Å². The van der Waals surface area contributed by atoms with Crippen LogP contribution in [0.15, 0.2) is 108 Å². The van der Waals surface area contributed by atoms with Gasteiger partial charge in [-0.1, -0.05) is 56.3 Å². The Morgan fingerprint density at radius 3 is 0.816 bits per heavy atom. The molecule has 0 aliphatic heterocycles. The van der Waals surface area contributed by atoms with E-state index < -0.39 is 0 Å². The number of hydrogen-bond donors (Lipinski definition) is 0. The van der Waals surface area contributed by atoms with Crippen LogP contribution in [-0.2, 0) is 141 Å². The monoisotopic (exact) mass is 2090 g/mol. The number of ether oxygens (including phenoxy) is 20. The quantitative estimate of drug-likeness (QED) is 0.0199. The first kappa shape index (κ1) is 143. The molecule has 0 amide bonds. The molecule has 0 N–H and O–H groups in total. The van der Waals surface area contributed by atoms with Crippen LogP contribution in [0.4, 0.5) is 0 Å². The van der Waals surface area contributed by atoms with Gasteiger partial charge in [0.05, 0.1) is 235 Å². The molecule has 29 nitrogen and oxygen atoms in total. The Bertz CT molecular complexity index is 3370. The Labute approximate surface area is 892 Å². The van der Waals surface area contributed by atoms with Crippen LogP contribution in [0.2, 0.25) is 0 Å². The Hall–Kier alpha value is -5.76. The molecule has 29 heteroatoms. The van der Waals surface area contributed by atoms with E-state index in [4.69, 9.17) is 138 Å². The molecule has 0 bridgehead atoms. The number of rotatable bonds is 74. The average Bonchev–Trinajstić information content (AvgIpc) is 1.50. The summed E-state index contributed by atoms with van der Waals surface area (Å²) in [5.74, 6) is 4.15. The largest absolute Gasteiger partial charge is 0.491 e. The molecule has 1 saturated carbocycles. The van der Waals surface area contributed by atoms with Gasteiger partial charge in [-0.3, -0.25) is 0 Å². The molecule has 1 heterocycles. The van der Waals surface area contributed by atoms with Gasteiger partial charge in [0.2, 0.25) is 0 Å². The second-order valence-electron chi connectivity index (χ2n) is 40.5. The van der Waals surface area contributed by atoms with E-state index in [9.17, 15) is 0 Å². The molecular weight excluding hydrogens is 1880 g/mol. The van der Waals surface area contributed by atoms with Crippen molar-refractivity contribution in [1.29, 1.82) is 0 Å². The molecule has 147 heavy (non-hydrogen) atoms. The van der Waals surface area contributed by atoms with Gasteiger partial charge < -0.3 is 99.2 Å². The van der Waals surface area contributed by atoms with Crippen LogP contribution in [-0.4, -0.2) is 275 Å². The van der Waals surface area contributed by atoms with E-state index in [-0.39, 0.29) is 72.6 Å². The number of furan rings is 1. The predicted octanol–water partition coefficient (Wildman–Crippen LogP) is 25.8. The molecule has 0 spiro atoms. The fourth-order valence-corrected chi connectivity index (χ4v) is 12.7. The van der Waals surface area contributed by atoms with Gasteiger partial charge in [0.25, 0.3) is 0 Å². The number of benzene rings is 4. The first-order chi connectivity index (χ1) is 69.8. The van der Waals surface area contributed by atoms with Crippen molar-refractivity contribution in [3.63, 3.8) is 0 Å². The summed E-state index contributed by atoms with van der Waals surface area (Å²) in [6.07, 6.45) is 18.0. The fraction of sp³-hybridized carbons (Fsp3) is 0.763. The van der Waals surface area contributed by atoms with Gasteiger partial charge in [0.15, 0.2) is 5.75 Å². The zero-order valence-corrected chi connectivity index (χ0v) is 98.7. The lowest BCUT2D eigenvalue weighted by molar-refractivity contribution is -0.316. The molecule has 1 fully saturated rings. The van der Waals surface area contributed by atoms with E-state index in [2.05, 4.69) is 106 Å². The molecule has 0 radical (unpaired) electrons. The Balaban J connectivity index is 0. The summed E-state index contributed by atoms with van der Waals surface area (Å²) in [6, 6.07) is 30.8. The Kier molecular flexibility index (Phi) is 91.4. The van der Waals surface area contributed by atoms with Crippen molar-refractivity contribution in [2.24, 2.45) is 0 Å². The molecule has 1 aromatic heterocycles. The zero-order valence-electron chi connectivity index (χ0n) is 98.7. The molecule has 5 aromatic rings.